The summed E-state index contributed by atoms with van der Waals surface area (Å²) in [6, 6.07) is 21.8. The van der Waals surface area contributed by atoms with Crippen molar-refractivity contribution in [1.82, 2.24) is 19.7 Å². The molecule has 2 atom stereocenters. The van der Waals surface area contributed by atoms with Gasteiger partial charge in [0.2, 0.25) is 0 Å². The summed E-state index contributed by atoms with van der Waals surface area (Å²) >= 11 is 0. The molecule has 7 nitrogen and oxygen atoms in total. The lowest BCUT2D eigenvalue weighted by molar-refractivity contribution is 0.0941. The van der Waals surface area contributed by atoms with Gasteiger partial charge in [-0.15, -0.1) is 0 Å². The van der Waals surface area contributed by atoms with Gasteiger partial charge in [-0.3, -0.25) is 14.8 Å². The number of rotatable bonds is 6. The van der Waals surface area contributed by atoms with E-state index in [2.05, 4.69) is 59.1 Å². The summed E-state index contributed by atoms with van der Waals surface area (Å²) in [6.45, 7) is 5.30. The Hall–Kier alpha value is -3.42. The van der Waals surface area contributed by atoms with Crippen LogP contribution in [0.4, 0.5) is 10.5 Å². The average molecular weight is 540 g/mol. The van der Waals surface area contributed by atoms with E-state index in [0.29, 0.717) is 31.8 Å². The summed E-state index contributed by atoms with van der Waals surface area (Å²) in [4.78, 5) is 26.9. The number of anilines is 1. The molecule has 0 unspecified atom stereocenters. The fourth-order valence-electron chi connectivity index (χ4n) is 6.71. The summed E-state index contributed by atoms with van der Waals surface area (Å²) in [5, 5.41) is 0. The maximum atomic E-state index is 12.7. The van der Waals surface area contributed by atoms with Gasteiger partial charge >= 0.3 is 6.09 Å². The molecule has 1 fully saturated rings. The summed E-state index contributed by atoms with van der Waals surface area (Å²) in [5.41, 5.74) is 7.93. The number of fused-ring (bicyclic) bond motifs is 2. The minimum absolute atomic E-state index is 0.220. The molecule has 0 N–H and O–H groups in total. The number of benzene rings is 2. The van der Waals surface area contributed by atoms with E-state index in [0.717, 1.165) is 44.6 Å². The van der Waals surface area contributed by atoms with E-state index in [-0.39, 0.29) is 6.09 Å². The molecule has 0 radical (unpaired) electrons. The fourth-order valence-corrected chi connectivity index (χ4v) is 6.71. The Morgan fingerprint density at radius 2 is 1.80 bits per heavy atom. The van der Waals surface area contributed by atoms with Crippen molar-refractivity contribution in [3.8, 4) is 0 Å². The molecule has 1 aliphatic carbocycles. The Morgan fingerprint density at radius 1 is 1.00 bits per heavy atom. The standard InChI is InChI=1S/C33H41N5O2/c1-35-22-27-12-7-14-30(37-17-19-38(20-18-37)33(39)40-24-25-9-4-3-5-10-25)29(27)21-28(35)23-36(2)31-15-6-11-26-13-8-16-34-32(26)31/h3-5,7-10,12-14,16,28,31H,6,11,15,17-24H2,1-2H3/t28-,31+/m1/s1. The first-order valence-corrected chi connectivity index (χ1v) is 14.7. The molecular weight excluding hydrogens is 498 g/mol. The van der Waals surface area contributed by atoms with Crippen molar-refractivity contribution >= 4 is 11.8 Å². The molecule has 210 valence electrons. The summed E-state index contributed by atoms with van der Waals surface area (Å²) < 4.78 is 5.59. The highest BCUT2D eigenvalue weighted by Gasteiger charge is 2.32. The largest absolute Gasteiger partial charge is 0.445 e. The van der Waals surface area contributed by atoms with E-state index in [1.807, 2.05) is 41.4 Å². The highest BCUT2D eigenvalue weighted by Crippen LogP contribution is 2.35. The van der Waals surface area contributed by atoms with Crippen molar-refractivity contribution in [2.24, 2.45) is 0 Å². The first-order chi connectivity index (χ1) is 19.6. The van der Waals surface area contributed by atoms with Crippen LogP contribution in [0, 0.1) is 0 Å². The van der Waals surface area contributed by atoms with Crippen molar-refractivity contribution in [3.05, 3.63) is 94.8 Å². The van der Waals surface area contributed by atoms with Crippen molar-refractivity contribution in [2.75, 3.05) is 51.7 Å². The van der Waals surface area contributed by atoms with Gasteiger partial charge in [0.1, 0.15) is 6.61 Å². The van der Waals surface area contributed by atoms with Crippen LogP contribution in [0.3, 0.4) is 0 Å². The van der Waals surface area contributed by atoms with Gasteiger partial charge in [-0.1, -0.05) is 48.5 Å². The number of hydrogen-bond acceptors (Lipinski definition) is 6. The Kier molecular flexibility index (Phi) is 8.03. The molecule has 3 aromatic rings. The molecule has 40 heavy (non-hydrogen) atoms. The SMILES string of the molecule is CN1Cc2cccc(N3CCN(C(=O)OCc4ccccc4)CC3)c2C[C@@H]1CN(C)[C@H]1CCCc2cccnc21. The van der Waals surface area contributed by atoms with E-state index >= 15 is 0 Å². The van der Waals surface area contributed by atoms with Gasteiger partial charge in [-0.05, 0) is 74.2 Å². The van der Waals surface area contributed by atoms with Crippen LogP contribution < -0.4 is 4.90 Å². The van der Waals surface area contributed by atoms with Crippen molar-refractivity contribution in [1.29, 1.82) is 0 Å². The molecule has 1 saturated heterocycles. The van der Waals surface area contributed by atoms with Crippen molar-refractivity contribution in [3.63, 3.8) is 0 Å². The second-order valence-corrected chi connectivity index (χ2v) is 11.6. The van der Waals surface area contributed by atoms with Gasteiger partial charge in [0, 0.05) is 57.2 Å². The highest BCUT2D eigenvalue weighted by atomic mass is 16.6. The molecule has 0 saturated carbocycles. The normalized spacial score (nSPS) is 21.2. The number of piperazine rings is 1. The van der Waals surface area contributed by atoms with E-state index in [1.54, 1.807) is 0 Å². The number of carbonyl (C=O) groups excluding carboxylic acids is 1. The number of nitrogens with zero attached hydrogens (tertiary/aromatic N) is 5. The first-order valence-electron chi connectivity index (χ1n) is 14.7. The highest BCUT2D eigenvalue weighted by molar-refractivity contribution is 5.68. The minimum atomic E-state index is -0.220. The van der Waals surface area contributed by atoms with Crippen LogP contribution >= 0.6 is 0 Å². The van der Waals surface area contributed by atoms with Crippen LogP contribution in [0.25, 0.3) is 0 Å². The predicted molar refractivity (Wildman–Crippen MR) is 158 cm³/mol. The number of likely N-dealkylation sites (N-methyl/N-ethyl adjacent to an activating group) is 2. The predicted octanol–water partition coefficient (Wildman–Crippen LogP) is 4.91. The third-order valence-corrected chi connectivity index (χ3v) is 9.01. The summed E-state index contributed by atoms with van der Waals surface area (Å²) in [6.07, 6.45) is 6.31. The van der Waals surface area contributed by atoms with Gasteiger partial charge in [0.05, 0.1) is 11.7 Å². The zero-order valence-corrected chi connectivity index (χ0v) is 23.8. The fraction of sp³-hybridized carbons (Fsp3) is 0.455. The molecule has 3 heterocycles. The summed E-state index contributed by atoms with van der Waals surface area (Å²) in [5.74, 6) is 0. The maximum Gasteiger partial charge on any atom is 0.410 e. The van der Waals surface area contributed by atoms with Gasteiger partial charge in [-0.2, -0.15) is 0 Å². The van der Waals surface area contributed by atoms with Gasteiger partial charge in [0.15, 0.2) is 0 Å². The number of carbonyl (C=O) groups is 1. The second-order valence-electron chi connectivity index (χ2n) is 11.6. The summed E-state index contributed by atoms with van der Waals surface area (Å²) in [7, 11) is 4.54. The third-order valence-electron chi connectivity index (χ3n) is 9.01. The molecule has 3 aliphatic rings. The van der Waals surface area contributed by atoms with Crippen LogP contribution in [0.1, 0.15) is 46.8 Å². The Morgan fingerprint density at radius 3 is 2.62 bits per heavy atom. The minimum Gasteiger partial charge on any atom is -0.445 e. The van der Waals surface area contributed by atoms with Crippen LogP contribution in [0.5, 0.6) is 0 Å². The lowest BCUT2D eigenvalue weighted by Gasteiger charge is -2.42. The Bertz CT molecular complexity index is 1310. The zero-order chi connectivity index (χ0) is 27.5. The number of aryl methyl sites for hydroxylation is 1. The van der Waals surface area contributed by atoms with Crippen LogP contribution in [-0.4, -0.2) is 78.6 Å². The number of hydrogen-bond donors (Lipinski definition) is 0. The molecular formula is C33H41N5O2. The van der Waals surface area contributed by atoms with E-state index < -0.39 is 0 Å². The van der Waals surface area contributed by atoms with E-state index in [1.165, 1.54) is 40.9 Å². The van der Waals surface area contributed by atoms with Crippen molar-refractivity contribution in [2.45, 2.75) is 50.9 Å². The van der Waals surface area contributed by atoms with E-state index in [9.17, 15) is 4.79 Å². The molecule has 1 amide bonds. The van der Waals surface area contributed by atoms with Gasteiger partial charge < -0.3 is 14.5 Å². The van der Waals surface area contributed by atoms with Crippen LogP contribution in [0.2, 0.25) is 0 Å². The lowest BCUT2D eigenvalue weighted by Crippen LogP contribution is -2.50. The van der Waals surface area contributed by atoms with Crippen molar-refractivity contribution < 1.29 is 9.53 Å². The number of aromatic nitrogens is 1. The van der Waals surface area contributed by atoms with Gasteiger partial charge in [0.25, 0.3) is 0 Å². The van der Waals surface area contributed by atoms with Crippen LogP contribution in [-0.2, 0) is 30.7 Å². The molecule has 0 spiro atoms. The monoisotopic (exact) mass is 539 g/mol. The molecule has 2 aliphatic heterocycles. The second kappa shape index (κ2) is 12.0. The van der Waals surface area contributed by atoms with E-state index in [4.69, 9.17) is 9.72 Å². The smallest absolute Gasteiger partial charge is 0.410 e. The average Bonchev–Trinajstić information content (AvgIpc) is 3.00. The van der Waals surface area contributed by atoms with Gasteiger partial charge in [-0.25, -0.2) is 4.79 Å². The zero-order valence-electron chi connectivity index (χ0n) is 23.8. The molecule has 2 aromatic carbocycles. The number of pyridine rings is 1. The third kappa shape index (κ3) is 5.72. The lowest BCUT2D eigenvalue weighted by atomic mass is 9.89. The number of amides is 1. The Labute approximate surface area is 238 Å². The number of ether oxygens (including phenoxy) is 1. The first kappa shape index (κ1) is 26.8. The topological polar surface area (TPSA) is 52.1 Å². The maximum absolute atomic E-state index is 12.7. The van der Waals surface area contributed by atoms with Crippen LogP contribution in [0.15, 0.2) is 66.9 Å². The molecule has 7 heteroatoms. The molecule has 6 rings (SSSR count). The molecule has 1 aromatic heterocycles. The Balaban J connectivity index is 1.09. The molecule has 0 bridgehead atoms. The quantitative estimate of drug-likeness (QED) is 0.444.